The van der Waals surface area contributed by atoms with Gasteiger partial charge in [0.15, 0.2) is 0 Å². The zero-order chi connectivity index (χ0) is 15.1. The van der Waals surface area contributed by atoms with E-state index in [9.17, 15) is 0 Å². The molecule has 1 heterocycles. The maximum Gasteiger partial charge on any atom is 0.0786 e. The van der Waals surface area contributed by atoms with Gasteiger partial charge in [-0.3, -0.25) is 0 Å². The van der Waals surface area contributed by atoms with Gasteiger partial charge in [-0.2, -0.15) is 0 Å². The molecule has 0 unspecified atom stereocenters. The fourth-order valence-electron chi connectivity index (χ4n) is 3.30. The van der Waals surface area contributed by atoms with E-state index in [0.717, 1.165) is 0 Å². The molecule has 2 nitrogen and oxygen atoms in total. The first-order valence-corrected chi connectivity index (χ1v) is 8.83. The van der Waals surface area contributed by atoms with Crippen LogP contribution in [-0.4, -0.2) is 31.2 Å². The van der Waals surface area contributed by atoms with Crippen LogP contribution in [-0.2, 0) is 0 Å². The number of nitrogens with zero attached hydrogens (tertiary/aromatic N) is 2. The monoisotopic (exact) mass is 280 g/mol. The van der Waals surface area contributed by atoms with Crippen molar-refractivity contribution in [3.8, 4) is 0 Å². The molecule has 20 heavy (non-hydrogen) atoms. The Morgan fingerprint density at radius 3 is 1.60 bits per heavy atom. The highest BCUT2D eigenvalue weighted by Crippen LogP contribution is 2.18. The van der Waals surface area contributed by atoms with E-state index < -0.39 is 0 Å². The number of hydrogen-bond donors (Lipinski definition) is 0. The average Bonchev–Trinajstić information content (AvgIpc) is 2.90. The predicted octanol–water partition coefficient (Wildman–Crippen LogP) is 5.24. The largest absolute Gasteiger partial charge is 0.512 e. The van der Waals surface area contributed by atoms with Gasteiger partial charge in [0.25, 0.3) is 0 Å². The Labute approximate surface area is 127 Å². The van der Waals surface area contributed by atoms with E-state index in [2.05, 4.69) is 14.0 Å². The molecule has 0 bridgehead atoms. The molecule has 0 amide bonds. The van der Waals surface area contributed by atoms with Gasteiger partial charge in [-0.25, -0.2) is 0 Å². The third kappa shape index (κ3) is 10.3. The topological polar surface area (TPSA) is 23.8 Å². The van der Waals surface area contributed by atoms with E-state index in [-0.39, 0.29) is 0 Å². The van der Waals surface area contributed by atoms with Gasteiger partial charge in [-0.05, 0) is 12.8 Å². The molecule has 1 aliphatic heterocycles. The fourth-order valence-corrected chi connectivity index (χ4v) is 3.30. The highest BCUT2D eigenvalue weighted by Gasteiger charge is 2.25. The van der Waals surface area contributed by atoms with Crippen molar-refractivity contribution in [2.75, 3.05) is 26.7 Å². The summed E-state index contributed by atoms with van der Waals surface area (Å²) >= 11 is 0. The molecule has 0 spiro atoms. The molecule has 0 aliphatic carbocycles. The van der Waals surface area contributed by atoms with Crippen LogP contribution >= 0.6 is 0 Å². The Morgan fingerprint density at radius 2 is 1.15 bits per heavy atom. The fraction of sp³-hybridized carbons (Fsp3) is 0.944. The second-order valence-electron chi connectivity index (χ2n) is 6.68. The minimum absolute atomic E-state index is 1.37. The molecule has 0 N–H and O–H groups in total. The Balaban J connectivity index is 0.00000172. The van der Waals surface area contributed by atoms with Crippen molar-refractivity contribution in [1.82, 2.24) is 0 Å². The number of likely N-dealkylation sites (tertiary alicyclic amines) is 1. The van der Waals surface area contributed by atoms with Gasteiger partial charge in [0.2, 0.25) is 0 Å². The zero-order valence-corrected chi connectivity index (χ0v) is 14.0. The van der Waals surface area contributed by atoms with Crippen LogP contribution in [0.2, 0.25) is 0 Å². The molecular weight excluding hydrogens is 244 g/mol. The van der Waals surface area contributed by atoms with Crippen LogP contribution in [0.1, 0.15) is 84.0 Å². The van der Waals surface area contributed by atoms with Crippen LogP contribution in [0, 0.1) is 11.8 Å². The van der Waals surface area contributed by atoms with Gasteiger partial charge in [0.05, 0.1) is 26.7 Å². The normalized spacial score (nSPS) is 16.6. The van der Waals surface area contributed by atoms with Crippen molar-refractivity contribution in [1.29, 1.82) is 5.26 Å². The number of rotatable bonds is 11. The third-order valence-electron chi connectivity index (χ3n) is 4.70. The summed E-state index contributed by atoms with van der Waals surface area (Å²) in [6, 6.07) is 0. The van der Waals surface area contributed by atoms with Crippen molar-refractivity contribution in [2.45, 2.75) is 84.0 Å². The predicted molar refractivity (Wildman–Crippen MR) is 86.8 cm³/mol. The van der Waals surface area contributed by atoms with Crippen LogP contribution in [0.15, 0.2) is 0 Å². The van der Waals surface area contributed by atoms with Crippen LogP contribution in [0.5, 0.6) is 0 Å². The first-order valence-electron chi connectivity index (χ1n) is 8.83. The molecule has 0 aromatic heterocycles. The van der Waals surface area contributed by atoms with Crippen LogP contribution in [0.4, 0.5) is 0 Å². The lowest BCUT2D eigenvalue weighted by Crippen LogP contribution is -2.41. The van der Waals surface area contributed by atoms with Crippen molar-refractivity contribution in [3.05, 3.63) is 6.57 Å². The summed E-state index contributed by atoms with van der Waals surface area (Å²) in [5.74, 6) is 0. The van der Waals surface area contributed by atoms with Crippen molar-refractivity contribution in [3.63, 3.8) is 0 Å². The second kappa shape index (κ2) is 13.4. The molecule has 0 saturated carbocycles. The standard InChI is InChI=1S/C17H36N.CN/c1-3-4-5-6-7-8-9-10-11-12-15-18(2)16-13-14-17-18;1-2/h3-17H2,1-2H3;/q+1;-1. The van der Waals surface area contributed by atoms with Crippen molar-refractivity contribution in [2.24, 2.45) is 0 Å². The van der Waals surface area contributed by atoms with E-state index in [0.29, 0.717) is 0 Å². The molecule has 1 fully saturated rings. The molecule has 0 aromatic carbocycles. The van der Waals surface area contributed by atoms with E-state index in [1.165, 1.54) is 101 Å². The van der Waals surface area contributed by atoms with Gasteiger partial charge in [-0.1, -0.05) is 58.3 Å². The first-order chi connectivity index (χ1) is 9.77. The Bertz CT molecular complexity index is 217. The van der Waals surface area contributed by atoms with Gasteiger partial charge in [-0.15, -0.1) is 0 Å². The van der Waals surface area contributed by atoms with Crippen molar-refractivity contribution < 1.29 is 4.48 Å². The molecule has 1 rings (SSSR count). The molecular formula is C18H36N2. The summed E-state index contributed by atoms with van der Waals surface area (Å²) in [7, 11) is 2.46. The minimum atomic E-state index is 1.37. The molecule has 0 aromatic rings. The molecule has 2 heteroatoms. The molecule has 1 aliphatic rings. The Morgan fingerprint density at radius 1 is 0.750 bits per heavy atom. The molecule has 118 valence electrons. The summed E-state index contributed by atoms with van der Waals surface area (Å²) in [4.78, 5) is 0. The smallest absolute Gasteiger partial charge is 0.0786 e. The average molecular weight is 280 g/mol. The lowest BCUT2D eigenvalue weighted by atomic mass is 10.1. The maximum absolute atomic E-state index is 6.25. The lowest BCUT2D eigenvalue weighted by Gasteiger charge is -2.29. The molecule has 0 atom stereocenters. The van der Waals surface area contributed by atoms with Crippen LogP contribution in [0.25, 0.3) is 0 Å². The summed E-state index contributed by atoms with van der Waals surface area (Å²) in [5, 5.41) is 6.25. The van der Waals surface area contributed by atoms with Crippen molar-refractivity contribution >= 4 is 0 Å². The quantitative estimate of drug-likeness (QED) is 0.288. The van der Waals surface area contributed by atoms with Crippen LogP contribution < -0.4 is 0 Å². The maximum atomic E-state index is 6.25. The Hall–Kier alpha value is -0.550. The number of quaternary nitrogens is 1. The zero-order valence-electron chi connectivity index (χ0n) is 14.0. The van der Waals surface area contributed by atoms with E-state index >= 15 is 0 Å². The molecule has 0 radical (unpaired) electrons. The third-order valence-corrected chi connectivity index (χ3v) is 4.70. The van der Waals surface area contributed by atoms with E-state index in [1.807, 2.05) is 0 Å². The number of unbranched alkanes of at least 4 members (excludes halogenated alkanes) is 9. The van der Waals surface area contributed by atoms with E-state index in [4.69, 9.17) is 11.8 Å². The number of hydrogen-bond acceptors (Lipinski definition) is 1. The summed E-state index contributed by atoms with van der Waals surface area (Å²) in [6.45, 7) is 11.4. The summed E-state index contributed by atoms with van der Waals surface area (Å²) < 4.78 is 1.37. The highest BCUT2D eigenvalue weighted by atomic mass is 15.3. The van der Waals surface area contributed by atoms with E-state index in [1.54, 1.807) is 0 Å². The highest BCUT2D eigenvalue weighted by molar-refractivity contribution is 4.53. The Kier molecular flexibility index (Phi) is 13.1. The lowest BCUT2D eigenvalue weighted by molar-refractivity contribution is -0.897. The SMILES string of the molecule is CCCCCCCCCCCC[N+]1(C)CCCC1.[C-]#N. The summed E-state index contributed by atoms with van der Waals surface area (Å²) in [5.41, 5.74) is 0. The van der Waals surface area contributed by atoms with Crippen LogP contribution in [0.3, 0.4) is 0 Å². The van der Waals surface area contributed by atoms with Gasteiger partial charge < -0.3 is 16.3 Å². The van der Waals surface area contributed by atoms with Gasteiger partial charge in [0.1, 0.15) is 0 Å². The first kappa shape index (κ1) is 19.4. The minimum Gasteiger partial charge on any atom is -0.512 e. The molecule has 1 saturated heterocycles. The summed E-state index contributed by atoms with van der Waals surface area (Å²) in [6.07, 6.45) is 17.5. The second-order valence-corrected chi connectivity index (χ2v) is 6.68. The van der Waals surface area contributed by atoms with Gasteiger partial charge >= 0.3 is 0 Å². The van der Waals surface area contributed by atoms with Gasteiger partial charge in [0, 0.05) is 12.8 Å².